The number of nitrogens with zero attached hydrogens (tertiary/aromatic N) is 1. The van der Waals surface area contributed by atoms with Crippen LogP contribution in [0.5, 0.6) is 0 Å². The van der Waals surface area contributed by atoms with Gasteiger partial charge in [0.15, 0.2) is 0 Å². The molecule has 1 fully saturated rings. The lowest BCUT2D eigenvalue weighted by atomic mass is 10.1. The van der Waals surface area contributed by atoms with Gasteiger partial charge < -0.3 is 5.32 Å². The summed E-state index contributed by atoms with van der Waals surface area (Å²) in [5.41, 5.74) is 1.35. The van der Waals surface area contributed by atoms with Crippen LogP contribution < -0.4 is 5.32 Å². The van der Waals surface area contributed by atoms with Crippen molar-refractivity contribution in [1.82, 2.24) is 10.2 Å². The monoisotopic (exact) mass is 242 g/mol. The molecular weight excluding hydrogens is 220 g/mol. The highest BCUT2D eigenvalue weighted by Gasteiger charge is 2.24. The zero-order valence-electron chi connectivity index (χ0n) is 11.1. The van der Waals surface area contributed by atoms with Gasteiger partial charge >= 0.3 is 0 Å². The Bertz CT molecular complexity index is 389. The van der Waals surface area contributed by atoms with Crippen LogP contribution in [-0.4, -0.2) is 30.6 Å². The van der Waals surface area contributed by atoms with Crippen molar-refractivity contribution >= 4 is 0 Å². The van der Waals surface area contributed by atoms with E-state index in [9.17, 15) is 0 Å². The summed E-state index contributed by atoms with van der Waals surface area (Å²) in [7, 11) is 0. The summed E-state index contributed by atoms with van der Waals surface area (Å²) in [6, 6.07) is 11.8. The van der Waals surface area contributed by atoms with Crippen molar-refractivity contribution in [3.63, 3.8) is 0 Å². The molecule has 1 saturated carbocycles. The summed E-state index contributed by atoms with van der Waals surface area (Å²) in [6.07, 6.45) is 8.12. The molecule has 0 spiro atoms. The molecule has 2 rings (SSSR count). The average molecular weight is 242 g/mol. The van der Waals surface area contributed by atoms with E-state index >= 15 is 0 Å². The molecule has 0 radical (unpaired) electrons. The zero-order chi connectivity index (χ0) is 12.8. The highest BCUT2D eigenvalue weighted by molar-refractivity contribution is 5.20. The maximum Gasteiger partial charge on any atom is 0.0604 e. The Hall–Kier alpha value is -1.30. The van der Waals surface area contributed by atoms with Crippen LogP contribution in [0.1, 0.15) is 31.4 Å². The van der Waals surface area contributed by atoms with E-state index in [1.165, 1.54) is 18.4 Å². The number of benzene rings is 1. The molecule has 1 unspecified atom stereocenters. The van der Waals surface area contributed by atoms with Gasteiger partial charge in [-0.2, -0.15) is 0 Å². The minimum atomic E-state index is 0.382. The molecule has 1 atom stereocenters. The molecule has 1 N–H and O–H groups in total. The third-order valence-corrected chi connectivity index (χ3v) is 3.50. The SMILES string of the molecule is C#CCN(CC)C(CNC1CC1)c1ccccc1. The predicted octanol–water partition coefficient (Wildman–Crippen LogP) is 2.43. The van der Waals surface area contributed by atoms with Crippen molar-refractivity contribution < 1.29 is 0 Å². The fourth-order valence-corrected chi connectivity index (χ4v) is 2.26. The van der Waals surface area contributed by atoms with Gasteiger partial charge in [-0.05, 0) is 24.9 Å². The van der Waals surface area contributed by atoms with Gasteiger partial charge in [-0.15, -0.1) is 6.42 Å². The molecule has 1 aromatic carbocycles. The minimum absolute atomic E-state index is 0.382. The van der Waals surface area contributed by atoms with Gasteiger partial charge in [-0.1, -0.05) is 43.2 Å². The Morgan fingerprint density at radius 1 is 1.39 bits per heavy atom. The number of rotatable bonds is 7. The Labute approximate surface area is 110 Å². The predicted molar refractivity (Wildman–Crippen MR) is 76.3 cm³/mol. The van der Waals surface area contributed by atoms with Gasteiger partial charge in [0, 0.05) is 18.6 Å². The van der Waals surface area contributed by atoms with Crippen LogP contribution in [0.2, 0.25) is 0 Å². The second-order valence-electron chi connectivity index (χ2n) is 4.88. The van der Waals surface area contributed by atoms with Crippen LogP contribution in [-0.2, 0) is 0 Å². The Morgan fingerprint density at radius 3 is 2.67 bits per heavy atom. The first-order chi connectivity index (χ1) is 8.85. The van der Waals surface area contributed by atoms with E-state index in [2.05, 4.69) is 53.4 Å². The summed E-state index contributed by atoms with van der Waals surface area (Å²) in [5.74, 6) is 2.77. The second kappa shape index (κ2) is 6.58. The quantitative estimate of drug-likeness (QED) is 0.739. The third kappa shape index (κ3) is 3.60. The molecule has 1 aliphatic carbocycles. The molecule has 96 valence electrons. The maximum absolute atomic E-state index is 5.48. The number of terminal acetylenes is 1. The number of nitrogens with one attached hydrogen (secondary N) is 1. The molecule has 0 aliphatic heterocycles. The van der Waals surface area contributed by atoms with Crippen molar-refractivity contribution in [2.45, 2.75) is 31.8 Å². The molecule has 0 saturated heterocycles. The van der Waals surface area contributed by atoms with Gasteiger partial charge in [0.25, 0.3) is 0 Å². The lowest BCUT2D eigenvalue weighted by Gasteiger charge is -2.30. The number of likely N-dealkylation sites (N-methyl/N-ethyl adjacent to an activating group) is 1. The normalized spacial score (nSPS) is 16.5. The summed E-state index contributed by atoms with van der Waals surface area (Å²) < 4.78 is 0. The number of hydrogen-bond donors (Lipinski definition) is 1. The lowest BCUT2D eigenvalue weighted by Crippen LogP contribution is -2.36. The van der Waals surface area contributed by atoms with Crippen molar-refractivity contribution in [3.8, 4) is 12.3 Å². The molecule has 0 amide bonds. The van der Waals surface area contributed by atoms with E-state index in [0.717, 1.165) is 19.1 Å². The van der Waals surface area contributed by atoms with Crippen LogP contribution in [0, 0.1) is 12.3 Å². The summed E-state index contributed by atoms with van der Waals surface area (Å²) >= 11 is 0. The fraction of sp³-hybridized carbons (Fsp3) is 0.500. The Balaban J connectivity index is 2.07. The smallest absolute Gasteiger partial charge is 0.0604 e. The fourth-order valence-electron chi connectivity index (χ4n) is 2.26. The van der Waals surface area contributed by atoms with E-state index in [4.69, 9.17) is 6.42 Å². The molecule has 0 aromatic heterocycles. The molecule has 0 bridgehead atoms. The maximum atomic E-state index is 5.48. The molecule has 1 aromatic rings. The van der Waals surface area contributed by atoms with E-state index in [-0.39, 0.29) is 0 Å². The zero-order valence-corrected chi connectivity index (χ0v) is 11.1. The van der Waals surface area contributed by atoms with Crippen molar-refractivity contribution in [1.29, 1.82) is 0 Å². The first-order valence-electron chi connectivity index (χ1n) is 6.81. The van der Waals surface area contributed by atoms with Crippen LogP contribution in [0.3, 0.4) is 0 Å². The largest absolute Gasteiger partial charge is 0.312 e. The summed E-state index contributed by atoms with van der Waals surface area (Å²) in [5, 5.41) is 3.62. The highest BCUT2D eigenvalue weighted by Crippen LogP contribution is 2.23. The van der Waals surface area contributed by atoms with Gasteiger partial charge in [0.1, 0.15) is 0 Å². The van der Waals surface area contributed by atoms with E-state index in [1.807, 2.05) is 0 Å². The van der Waals surface area contributed by atoms with Crippen molar-refractivity contribution in [2.75, 3.05) is 19.6 Å². The van der Waals surface area contributed by atoms with Gasteiger partial charge in [0.05, 0.1) is 6.54 Å². The molecule has 18 heavy (non-hydrogen) atoms. The average Bonchev–Trinajstić information content (AvgIpc) is 3.23. The molecule has 2 heteroatoms. The summed E-state index contributed by atoms with van der Waals surface area (Å²) in [6.45, 7) is 4.85. The van der Waals surface area contributed by atoms with Gasteiger partial charge in [-0.3, -0.25) is 4.90 Å². The minimum Gasteiger partial charge on any atom is -0.312 e. The van der Waals surface area contributed by atoms with Crippen LogP contribution >= 0.6 is 0 Å². The standard InChI is InChI=1S/C16H22N2/c1-3-12-18(4-2)16(13-17-15-10-11-15)14-8-6-5-7-9-14/h1,5-9,15-17H,4,10-13H2,2H3. The third-order valence-electron chi connectivity index (χ3n) is 3.50. The first kappa shape index (κ1) is 13.1. The van der Waals surface area contributed by atoms with Gasteiger partial charge in [0.2, 0.25) is 0 Å². The highest BCUT2D eigenvalue weighted by atomic mass is 15.2. The first-order valence-corrected chi connectivity index (χ1v) is 6.81. The van der Waals surface area contributed by atoms with E-state index in [0.29, 0.717) is 12.6 Å². The molecular formula is C16H22N2. The molecule has 0 heterocycles. The van der Waals surface area contributed by atoms with E-state index < -0.39 is 0 Å². The van der Waals surface area contributed by atoms with Crippen LogP contribution in [0.25, 0.3) is 0 Å². The topological polar surface area (TPSA) is 15.3 Å². The van der Waals surface area contributed by atoms with Crippen molar-refractivity contribution in [3.05, 3.63) is 35.9 Å². The lowest BCUT2D eigenvalue weighted by molar-refractivity contribution is 0.227. The molecule has 2 nitrogen and oxygen atoms in total. The second-order valence-corrected chi connectivity index (χ2v) is 4.88. The number of hydrogen-bond acceptors (Lipinski definition) is 2. The Morgan fingerprint density at radius 2 is 2.11 bits per heavy atom. The van der Waals surface area contributed by atoms with Crippen molar-refractivity contribution in [2.24, 2.45) is 0 Å². The van der Waals surface area contributed by atoms with E-state index in [1.54, 1.807) is 0 Å². The Kier molecular flexibility index (Phi) is 4.81. The van der Waals surface area contributed by atoms with Crippen LogP contribution in [0.4, 0.5) is 0 Å². The summed E-state index contributed by atoms with van der Waals surface area (Å²) in [4.78, 5) is 2.35. The molecule has 1 aliphatic rings. The van der Waals surface area contributed by atoms with Crippen LogP contribution in [0.15, 0.2) is 30.3 Å². The van der Waals surface area contributed by atoms with Gasteiger partial charge in [-0.25, -0.2) is 0 Å².